The predicted octanol–water partition coefficient (Wildman–Crippen LogP) is 2.14. The lowest BCUT2D eigenvalue weighted by molar-refractivity contribution is 0.423. The minimum Gasteiger partial charge on any atom is -0.423 e. The third-order valence-electron chi connectivity index (χ3n) is 2.46. The minimum absolute atomic E-state index is 0.432. The Morgan fingerprint density at radius 2 is 2.40 bits per heavy atom. The molecule has 5 heteroatoms. The molecule has 1 N–H and O–H groups in total. The molecule has 1 saturated heterocycles. The average molecular weight is 227 g/mol. The molecule has 0 amide bonds. The summed E-state index contributed by atoms with van der Waals surface area (Å²) in [5.41, 5.74) is 0. The minimum atomic E-state index is 0.432. The van der Waals surface area contributed by atoms with Gasteiger partial charge in [0, 0.05) is 0 Å². The Balaban J connectivity index is 1.93. The maximum absolute atomic E-state index is 5.62. The van der Waals surface area contributed by atoms with E-state index in [1.165, 1.54) is 25.0 Å². The molecule has 1 aromatic rings. The first-order valence-corrected chi connectivity index (χ1v) is 6.59. The average Bonchev–Trinajstić information content (AvgIpc) is 2.76. The van der Waals surface area contributed by atoms with Gasteiger partial charge in [0.25, 0.3) is 0 Å². The summed E-state index contributed by atoms with van der Waals surface area (Å²) in [6, 6.07) is 0. The van der Waals surface area contributed by atoms with Gasteiger partial charge in [0.05, 0.1) is 11.8 Å². The quantitative estimate of drug-likeness (QED) is 0.854. The summed E-state index contributed by atoms with van der Waals surface area (Å²) in [5.74, 6) is 2.74. The van der Waals surface area contributed by atoms with Crippen molar-refractivity contribution in [1.29, 1.82) is 0 Å². The molecule has 1 aliphatic heterocycles. The van der Waals surface area contributed by atoms with Crippen molar-refractivity contribution in [2.45, 2.75) is 38.0 Å². The molecule has 1 unspecified atom stereocenters. The van der Waals surface area contributed by atoms with Crippen LogP contribution in [-0.4, -0.2) is 22.5 Å². The Bertz CT molecular complexity index is 297. The van der Waals surface area contributed by atoms with Crippen molar-refractivity contribution < 1.29 is 4.42 Å². The summed E-state index contributed by atoms with van der Waals surface area (Å²) in [6.07, 6.45) is 3.77. The fraction of sp³-hybridized carbons (Fsp3) is 0.800. The van der Waals surface area contributed by atoms with Crippen LogP contribution in [0.2, 0.25) is 0 Å². The van der Waals surface area contributed by atoms with Crippen LogP contribution in [0.5, 0.6) is 0 Å². The zero-order valence-electron chi connectivity index (χ0n) is 9.03. The van der Waals surface area contributed by atoms with Crippen molar-refractivity contribution in [3.05, 3.63) is 11.8 Å². The van der Waals surface area contributed by atoms with Crippen LogP contribution in [0, 0.1) is 0 Å². The Kier molecular flexibility index (Phi) is 4.02. The molecule has 84 valence electrons. The highest BCUT2D eigenvalue weighted by atomic mass is 32.2. The first-order chi connectivity index (χ1) is 7.40. The summed E-state index contributed by atoms with van der Waals surface area (Å²) >= 11 is 1.94. The van der Waals surface area contributed by atoms with Crippen LogP contribution in [0.25, 0.3) is 0 Å². The standard InChI is InChI=1S/C10H17N3OS/c1-2-11-7-9-12-13-10(14-9)8-5-3-4-6-15-8/h8,11H,2-7H2,1H3. The van der Waals surface area contributed by atoms with E-state index in [2.05, 4.69) is 22.4 Å². The van der Waals surface area contributed by atoms with Crippen molar-refractivity contribution >= 4 is 11.8 Å². The summed E-state index contributed by atoms with van der Waals surface area (Å²) in [7, 11) is 0. The summed E-state index contributed by atoms with van der Waals surface area (Å²) in [5, 5.41) is 11.8. The van der Waals surface area contributed by atoms with Gasteiger partial charge in [-0.05, 0) is 25.1 Å². The molecule has 2 heterocycles. The summed E-state index contributed by atoms with van der Waals surface area (Å²) < 4.78 is 5.62. The van der Waals surface area contributed by atoms with E-state index in [1.807, 2.05) is 11.8 Å². The van der Waals surface area contributed by atoms with Gasteiger partial charge in [0.2, 0.25) is 11.8 Å². The van der Waals surface area contributed by atoms with Crippen molar-refractivity contribution in [3.63, 3.8) is 0 Å². The molecule has 1 aliphatic rings. The molecular formula is C10H17N3OS. The zero-order chi connectivity index (χ0) is 10.5. The van der Waals surface area contributed by atoms with E-state index in [-0.39, 0.29) is 0 Å². The number of nitrogens with one attached hydrogen (secondary N) is 1. The highest BCUT2D eigenvalue weighted by Crippen LogP contribution is 2.37. The van der Waals surface area contributed by atoms with Gasteiger partial charge in [0.1, 0.15) is 0 Å². The topological polar surface area (TPSA) is 51.0 Å². The lowest BCUT2D eigenvalue weighted by Gasteiger charge is -2.17. The second kappa shape index (κ2) is 5.51. The molecule has 0 saturated carbocycles. The molecular weight excluding hydrogens is 210 g/mol. The van der Waals surface area contributed by atoms with Crippen LogP contribution < -0.4 is 5.32 Å². The van der Waals surface area contributed by atoms with Gasteiger partial charge in [0.15, 0.2) is 0 Å². The second-order valence-corrected chi connectivity index (χ2v) is 4.98. The van der Waals surface area contributed by atoms with E-state index in [0.29, 0.717) is 17.7 Å². The van der Waals surface area contributed by atoms with Crippen molar-refractivity contribution in [3.8, 4) is 0 Å². The summed E-state index contributed by atoms with van der Waals surface area (Å²) in [6.45, 7) is 3.67. The first kappa shape index (κ1) is 11.0. The number of hydrogen-bond acceptors (Lipinski definition) is 5. The predicted molar refractivity (Wildman–Crippen MR) is 60.7 cm³/mol. The molecule has 4 nitrogen and oxygen atoms in total. The SMILES string of the molecule is CCNCc1nnc(C2CCCCS2)o1. The van der Waals surface area contributed by atoms with Crippen LogP contribution in [0.1, 0.15) is 43.2 Å². The van der Waals surface area contributed by atoms with Crippen molar-refractivity contribution in [2.75, 3.05) is 12.3 Å². The molecule has 0 aliphatic carbocycles. The maximum Gasteiger partial charge on any atom is 0.230 e. The first-order valence-electron chi connectivity index (χ1n) is 5.54. The number of rotatable bonds is 4. The third-order valence-corrected chi connectivity index (χ3v) is 3.83. The molecule has 1 fully saturated rings. The van der Waals surface area contributed by atoms with E-state index in [9.17, 15) is 0 Å². The van der Waals surface area contributed by atoms with Gasteiger partial charge in [-0.3, -0.25) is 0 Å². The van der Waals surface area contributed by atoms with E-state index in [0.717, 1.165) is 12.4 Å². The van der Waals surface area contributed by atoms with Gasteiger partial charge in [-0.1, -0.05) is 13.3 Å². The molecule has 1 aromatic heterocycles. The molecule has 15 heavy (non-hydrogen) atoms. The number of hydrogen-bond donors (Lipinski definition) is 1. The van der Waals surface area contributed by atoms with Gasteiger partial charge < -0.3 is 9.73 Å². The van der Waals surface area contributed by atoms with Crippen LogP contribution in [0.4, 0.5) is 0 Å². The Morgan fingerprint density at radius 3 is 3.13 bits per heavy atom. The van der Waals surface area contributed by atoms with Gasteiger partial charge in [-0.15, -0.1) is 22.0 Å². The summed E-state index contributed by atoms with van der Waals surface area (Å²) in [4.78, 5) is 0. The Labute approximate surface area is 94.2 Å². The van der Waals surface area contributed by atoms with Crippen LogP contribution in [0.3, 0.4) is 0 Å². The van der Waals surface area contributed by atoms with Gasteiger partial charge in [-0.2, -0.15) is 0 Å². The van der Waals surface area contributed by atoms with Crippen molar-refractivity contribution in [2.24, 2.45) is 0 Å². The Morgan fingerprint density at radius 1 is 1.47 bits per heavy atom. The smallest absolute Gasteiger partial charge is 0.230 e. The monoisotopic (exact) mass is 227 g/mol. The Hall–Kier alpha value is -0.550. The van der Waals surface area contributed by atoms with Crippen LogP contribution in [-0.2, 0) is 6.54 Å². The number of thioether (sulfide) groups is 1. The molecule has 1 atom stereocenters. The van der Waals surface area contributed by atoms with E-state index >= 15 is 0 Å². The zero-order valence-corrected chi connectivity index (χ0v) is 9.85. The molecule has 0 radical (unpaired) electrons. The highest BCUT2D eigenvalue weighted by molar-refractivity contribution is 7.99. The fourth-order valence-electron chi connectivity index (χ4n) is 1.64. The number of nitrogens with zero attached hydrogens (tertiary/aromatic N) is 2. The lowest BCUT2D eigenvalue weighted by Crippen LogP contribution is -2.11. The molecule has 0 bridgehead atoms. The van der Waals surface area contributed by atoms with Crippen LogP contribution >= 0.6 is 11.8 Å². The van der Waals surface area contributed by atoms with Gasteiger partial charge in [-0.25, -0.2) is 0 Å². The lowest BCUT2D eigenvalue weighted by atomic mass is 10.2. The van der Waals surface area contributed by atoms with E-state index in [4.69, 9.17) is 4.42 Å². The van der Waals surface area contributed by atoms with Crippen LogP contribution in [0.15, 0.2) is 4.42 Å². The van der Waals surface area contributed by atoms with Crippen molar-refractivity contribution in [1.82, 2.24) is 15.5 Å². The third kappa shape index (κ3) is 2.95. The largest absolute Gasteiger partial charge is 0.423 e. The van der Waals surface area contributed by atoms with E-state index in [1.54, 1.807) is 0 Å². The fourth-order valence-corrected chi connectivity index (χ4v) is 2.86. The van der Waals surface area contributed by atoms with E-state index < -0.39 is 0 Å². The highest BCUT2D eigenvalue weighted by Gasteiger charge is 2.21. The maximum atomic E-state index is 5.62. The molecule has 0 aromatic carbocycles. The second-order valence-electron chi connectivity index (χ2n) is 3.67. The normalized spacial score (nSPS) is 21.8. The van der Waals surface area contributed by atoms with Gasteiger partial charge >= 0.3 is 0 Å². The molecule has 2 rings (SSSR count). The number of aromatic nitrogens is 2. The molecule has 0 spiro atoms.